The van der Waals surface area contributed by atoms with E-state index >= 15 is 0 Å². The fourth-order valence-electron chi connectivity index (χ4n) is 2.44. The van der Waals surface area contributed by atoms with Gasteiger partial charge in [-0.25, -0.2) is 0 Å². The standard InChI is InChI=1S/C16H22N2O2.2ClH/c1-18(2)11-15(20-10-9-19)13-7-3-5-12-6-4-8-14(17)16(12)13;;/h3-8,15,19H,9-11,17H2,1-2H3;2*1H. The predicted octanol–water partition coefficient (Wildman–Crippen LogP) is 2.88. The fourth-order valence-corrected chi connectivity index (χ4v) is 2.44. The van der Waals surface area contributed by atoms with Gasteiger partial charge in [0.25, 0.3) is 0 Å². The van der Waals surface area contributed by atoms with E-state index in [1.807, 2.05) is 50.5 Å². The lowest BCUT2D eigenvalue weighted by molar-refractivity contribution is 0.0149. The molecule has 2 rings (SSSR count). The number of likely N-dealkylation sites (N-methyl/N-ethyl adjacent to an activating group) is 1. The van der Waals surface area contributed by atoms with Crippen molar-refractivity contribution in [3.8, 4) is 0 Å². The maximum absolute atomic E-state index is 9.00. The van der Waals surface area contributed by atoms with Crippen molar-refractivity contribution in [3.05, 3.63) is 42.0 Å². The highest BCUT2D eigenvalue weighted by Crippen LogP contribution is 2.31. The molecular formula is C16H24Cl2N2O2. The van der Waals surface area contributed by atoms with Crippen LogP contribution in [0, 0.1) is 0 Å². The minimum absolute atomic E-state index is 0. The van der Waals surface area contributed by atoms with Crippen LogP contribution in [0.1, 0.15) is 11.7 Å². The zero-order valence-electron chi connectivity index (χ0n) is 12.9. The van der Waals surface area contributed by atoms with Gasteiger partial charge in [-0.3, -0.25) is 0 Å². The van der Waals surface area contributed by atoms with E-state index in [0.717, 1.165) is 28.6 Å². The van der Waals surface area contributed by atoms with E-state index in [4.69, 9.17) is 15.6 Å². The number of halogens is 2. The molecule has 6 heteroatoms. The molecule has 0 aromatic heterocycles. The van der Waals surface area contributed by atoms with Crippen molar-refractivity contribution in [1.29, 1.82) is 0 Å². The van der Waals surface area contributed by atoms with Crippen LogP contribution in [0.2, 0.25) is 0 Å². The van der Waals surface area contributed by atoms with Crippen LogP contribution in [0.15, 0.2) is 36.4 Å². The van der Waals surface area contributed by atoms with E-state index in [2.05, 4.69) is 4.90 Å². The Labute approximate surface area is 144 Å². The Morgan fingerprint density at radius 1 is 1.14 bits per heavy atom. The van der Waals surface area contributed by atoms with Gasteiger partial charge in [-0.05, 0) is 31.1 Å². The summed E-state index contributed by atoms with van der Waals surface area (Å²) in [5.41, 5.74) is 7.97. The zero-order valence-corrected chi connectivity index (χ0v) is 14.5. The van der Waals surface area contributed by atoms with Crippen molar-refractivity contribution in [1.82, 2.24) is 4.90 Å². The fraction of sp³-hybridized carbons (Fsp3) is 0.375. The summed E-state index contributed by atoms with van der Waals surface area (Å²) in [5, 5.41) is 11.2. The normalized spacial score (nSPS) is 11.8. The van der Waals surface area contributed by atoms with Gasteiger partial charge in [0.15, 0.2) is 0 Å². The number of aliphatic hydroxyl groups is 1. The number of nitrogen functional groups attached to an aromatic ring is 1. The number of rotatable bonds is 6. The Balaban J connectivity index is 0.00000220. The molecule has 0 saturated heterocycles. The molecule has 3 N–H and O–H groups in total. The van der Waals surface area contributed by atoms with E-state index < -0.39 is 0 Å². The van der Waals surface area contributed by atoms with Gasteiger partial charge in [0.2, 0.25) is 0 Å². The van der Waals surface area contributed by atoms with Crippen LogP contribution in [-0.4, -0.2) is 43.9 Å². The second-order valence-electron chi connectivity index (χ2n) is 5.14. The largest absolute Gasteiger partial charge is 0.398 e. The number of anilines is 1. The van der Waals surface area contributed by atoms with Gasteiger partial charge in [0, 0.05) is 17.6 Å². The van der Waals surface area contributed by atoms with Crippen LogP contribution in [0.3, 0.4) is 0 Å². The Bertz CT molecular complexity index is 574. The third kappa shape index (κ3) is 5.00. The highest BCUT2D eigenvalue weighted by molar-refractivity contribution is 5.95. The summed E-state index contributed by atoms with van der Waals surface area (Å²) in [6.45, 7) is 1.08. The summed E-state index contributed by atoms with van der Waals surface area (Å²) >= 11 is 0. The number of ether oxygens (including phenoxy) is 1. The highest BCUT2D eigenvalue weighted by atomic mass is 35.5. The monoisotopic (exact) mass is 346 g/mol. The van der Waals surface area contributed by atoms with Gasteiger partial charge < -0.3 is 20.5 Å². The first kappa shape index (κ1) is 21.0. The van der Waals surface area contributed by atoms with Crippen molar-refractivity contribution in [2.24, 2.45) is 0 Å². The topological polar surface area (TPSA) is 58.7 Å². The third-order valence-electron chi connectivity index (χ3n) is 3.26. The van der Waals surface area contributed by atoms with Crippen molar-refractivity contribution in [3.63, 3.8) is 0 Å². The smallest absolute Gasteiger partial charge is 0.0959 e. The first-order valence-electron chi connectivity index (χ1n) is 6.77. The maximum Gasteiger partial charge on any atom is 0.0959 e. The molecule has 0 aliphatic carbocycles. The van der Waals surface area contributed by atoms with Gasteiger partial charge >= 0.3 is 0 Å². The number of nitrogens with two attached hydrogens (primary N) is 1. The number of hydrogen-bond donors (Lipinski definition) is 2. The number of fused-ring (bicyclic) bond motifs is 1. The van der Waals surface area contributed by atoms with Crippen molar-refractivity contribution in [2.45, 2.75) is 6.10 Å². The van der Waals surface area contributed by atoms with Crippen LogP contribution in [0.5, 0.6) is 0 Å². The third-order valence-corrected chi connectivity index (χ3v) is 3.26. The molecule has 22 heavy (non-hydrogen) atoms. The maximum atomic E-state index is 9.00. The Kier molecular flexibility index (Phi) is 9.41. The van der Waals surface area contributed by atoms with Crippen molar-refractivity contribution >= 4 is 41.3 Å². The van der Waals surface area contributed by atoms with Crippen LogP contribution in [0.4, 0.5) is 5.69 Å². The molecule has 124 valence electrons. The number of hydrogen-bond acceptors (Lipinski definition) is 4. The lowest BCUT2D eigenvalue weighted by Gasteiger charge is -2.23. The van der Waals surface area contributed by atoms with Crippen LogP contribution >= 0.6 is 24.8 Å². The van der Waals surface area contributed by atoms with Crippen LogP contribution in [-0.2, 0) is 4.74 Å². The summed E-state index contributed by atoms with van der Waals surface area (Å²) in [5.74, 6) is 0. The summed E-state index contributed by atoms with van der Waals surface area (Å²) in [7, 11) is 4.01. The average Bonchev–Trinajstić information content (AvgIpc) is 2.43. The minimum atomic E-state index is -0.106. The van der Waals surface area contributed by atoms with E-state index in [1.54, 1.807) is 0 Å². The summed E-state index contributed by atoms with van der Waals surface area (Å²) in [6.07, 6.45) is -0.106. The van der Waals surface area contributed by atoms with E-state index in [0.29, 0.717) is 6.61 Å². The Morgan fingerprint density at radius 2 is 1.77 bits per heavy atom. The van der Waals surface area contributed by atoms with Gasteiger partial charge in [-0.1, -0.05) is 30.3 Å². The number of aliphatic hydroxyl groups excluding tert-OH is 1. The van der Waals surface area contributed by atoms with E-state index in [9.17, 15) is 0 Å². The van der Waals surface area contributed by atoms with Gasteiger partial charge in [0.05, 0.1) is 19.3 Å². The quantitative estimate of drug-likeness (QED) is 0.789. The van der Waals surface area contributed by atoms with Gasteiger partial charge in [-0.2, -0.15) is 0 Å². The summed E-state index contributed by atoms with van der Waals surface area (Å²) in [6, 6.07) is 12.0. The molecule has 0 spiro atoms. The zero-order chi connectivity index (χ0) is 14.5. The number of benzene rings is 2. The molecule has 0 saturated carbocycles. The molecule has 4 nitrogen and oxygen atoms in total. The number of nitrogens with zero attached hydrogens (tertiary/aromatic N) is 1. The second kappa shape index (κ2) is 9.87. The molecule has 0 radical (unpaired) electrons. The Morgan fingerprint density at radius 3 is 2.36 bits per heavy atom. The Hall–Kier alpha value is -1.04. The van der Waals surface area contributed by atoms with Crippen LogP contribution < -0.4 is 5.73 Å². The molecule has 0 heterocycles. The molecular weight excluding hydrogens is 323 g/mol. The van der Waals surface area contributed by atoms with Crippen molar-refractivity contribution in [2.75, 3.05) is 39.6 Å². The molecule has 0 aliphatic heterocycles. The molecule has 0 fully saturated rings. The van der Waals surface area contributed by atoms with Gasteiger partial charge in [0.1, 0.15) is 0 Å². The molecule has 2 aromatic carbocycles. The molecule has 1 unspecified atom stereocenters. The van der Waals surface area contributed by atoms with Crippen molar-refractivity contribution < 1.29 is 9.84 Å². The first-order chi connectivity index (χ1) is 9.63. The lowest BCUT2D eigenvalue weighted by atomic mass is 9.98. The average molecular weight is 347 g/mol. The first-order valence-corrected chi connectivity index (χ1v) is 6.77. The SMILES string of the molecule is CN(C)CC(OCCO)c1cccc2cccc(N)c12.Cl.Cl. The summed E-state index contributed by atoms with van der Waals surface area (Å²) in [4.78, 5) is 2.07. The van der Waals surface area contributed by atoms with Crippen LogP contribution in [0.25, 0.3) is 10.8 Å². The molecule has 2 aromatic rings. The second-order valence-corrected chi connectivity index (χ2v) is 5.14. The summed E-state index contributed by atoms with van der Waals surface area (Å²) < 4.78 is 5.80. The molecule has 1 atom stereocenters. The lowest BCUT2D eigenvalue weighted by Crippen LogP contribution is -2.23. The van der Waals surface area contributed by atoms with Gasteiger partial charge in [-0.15, -0.1) is 24.8 Å². The predicted molar refractivity (Wildman–Crippen MR) is 97.2 cm³/mol. The highest BCUT2D eigenvalue weighted by Gasteiger charge is 2.17. The molecule has 0 aliphatic rings. The van der Waals surface area contributed by atoms with E-state index in [-0.39, 0.29) is 37.5 Å². The van der Waals surface area contributed by atoms with E-state index in [1.165, 1.54) is 0 Å². The molecule has 0 amide bonds. The minimum Gasteiger partial charge on any atom is -0.398 e. The molecule has 0 bridgehead atoms.